The summed E-state index contributed by atoms with van der Waals surface area (Å²) in [4.78, 5) is 0. The lowest BCUT2D eigenvalue weighted by molar-refractivity contribution is -0.0878. The Morgan fingerprint density at radius 1 is 1.25 bits per heavy atom. The summed E-state index contributed by atoms with van der Waals surface area (Å²) >= 11 is 0. The first-order valence-electron chi connectivity index (χ1n) is 3.50. The van der Waals surface area contributed by atoms with Gasteiger partial charge in [-0.1, -0.05) is 37.8 Å². The van der Waals surface area contributed by atoms with Gasteiger partial charge in [-0.3, -0.25) is 0 Å². The van der Waals surface area contributed by atoms with E-state index in [1.54, 1.807) is 0 Å². The average molecular weight is 176 g/mol. The molecule has 0 fully saturated rings. The van der Waals surface area contributed by atoms with Gasteiger partial charge in [-0.05, 0) is 6.42 Å². The van der Waals surface area contributed by atoms with Gasteiger partial charge in [0.05, 0.1) is 0 Å². The lowest BCUT2D eigenvalue weighted by atomic mass is 10.2. The fraction of sp³-hybridized carbons (Fsp3) is 0.333. The van der Waals surface area contributed by atoms with Crippen molar-refractivity contribution in [2.45, 2.75) is 19.5 Å². The molecule has 68 valence electrons. The molecule has 12 heavy (non-hydrogen) atoms. The van der Waals surface area contributed by atoms with Gasteiger partial charge in [0.1, 0.15) is 0 Å². The van der Waals surface area contributed by atoms with Crippen molar-refractivity contribution in [2.75, 3.05) is 0 Å². The quantitative estimate of drug-likeness (QED) is 0.576. The maximum Gasteiger partial charge on any atom is 0.415 e. The summed E-state index contributed by atoms with van der Waals surface area (Å²) in [6.07, 6.45) is -1.42. The van der Waals surface area contributed by atoms with E-state index >= 15 is 0 Å². The number of hydrogen-bond donors (Lipinski definition) is 0. The Morgan fingerprint density at radius 3 is 2.08 bits per heavy atom. The molecule has 0 N–H and O–H groups in total. The highest BCUT2D eigenvalue weighted by atomic mass is 19.4. The van der Waals surface area contributed by atoms with Crippen LogP contribution in [0.4, 0.5) is 13.2 Å². The van der Waals surface area contributed by atoms with E-state index in [1.165, 1.54) is 6.08 Å². The van der Waals surface area contributed by atoms with Crippen LogP contribution < -0.4 is 0 Å². The van der Waals surface area contributed by atoms with Gasteiger partial charge in [-0.25, -0.2) is 0 Å². The summed E-state index contributed by atoms with van der Waals surface area (Å²) in [5, 5.41) is 0. The van der Waals surface area contributed by atoms with E-state index in [0.29, 0.717) is 12.0 Å². The van der Waals surface area contributed by atoms with Crippen molar-refractivity contribution < 1.29 is 13.2 Å². The second kappa shape index (κ2) is 4.14. The Hall–Kier alpha value is -0.990. The van der Waals surface area contributed by atoms with E-state index < -0.39 is 11.7 Å². The van der Waals surface area contributed by atoms with Gasteiger partial charge < -0.3 is 0 Å². The van der Waals surface area contributed by atoms with Crippen LogP contribution in [-0.2, 0) is 0 Å². The second-order valence-corrected chi connectivity index (χ2v) is 2.37. The van der Waals surface area contributed by atoms with Crippen molar-refractivity contribution in [2.24, 2.45) is 0 Å². The fourth-order valence-electron chi connectivity index (χ4n) is 0.431. The lowest BCUT2D eigenvalue weighted by Crippen LogP contribution is -2.08. The number of alkyl halides is 3. The molecule has 0 heterocycles. The zero-order valence-electron chi connectivity index (χ0n) is 6.91. The van der Waals surface area contributed by atoms with E-state index in [0.717, 1.165) is 6.08 Å². The van der Waals surface area contributed by atoms with Gasteiger partial charge in [0.25, 0.3) is 0 Å². The third-order valence-corrected chi connectivity index (χ3v) is 1.34. The summed E-state index contributed by atoms with van der Waals surface area (Å²) in [7, 11) is 0. The zero-order chi connectivity index (χ0) is 9.78. The Bertz CT molecular complexity index is 208. The SMILES string of the molecule is C=C(C=CC(=C)C(F)(F)F)CC. The summed E-state index contributed by atoms with van der Waals surface area (Å²) in [6, 6.07) is 0. The van der Waals surface area contributed by atoms with Crippen LogP contribution in [0.1, 0.15) is 13.3 Å². The maximum absolute atomic E-state index is 11.8. The third kappa shape index (κ3) is 4.01. The Balaban J connectivity index is 4.19. The predicted molar refractivity (Wildman–Crippen MR) is 43.8 cm³/mol. The van der Waals surface area contributed by atoms with E-state index in [1.807, 2.05) is 6.92 Å². The Labute approximate surface area is 70.1 Å². The van der Waals surface area contributed by atoms with Gasteiger partial charge in [0.2, 0.25) is 0 Å². The van der Waals surface area contributed by atoms with E-state index in [-0.39, 0.29) is 0 Å². The molecular formula is C9H11F3. The fourth-order valence-corrected chi connectivity index (χ4v) is 0.431. The molecule has 0 aliphatic heterocycles. The average Bonchev–Trinajstić information content (AvgIpc) is 1.97. The number of allylic oxidation sites excluding steroid dienone is 4. The molecule has 0 atom stereocenters. The molecule has 0 aliphatic rings. The highest BCUT2D eigenvalue weighted by Gasteiger charge is 2.29. The van der Waals surface area contributed by atoms with Crippen LogP contribution in [0, 0.1) is 0 Å². The summed E-state index contributed by atoms with van der Waals surface area (Å²) < 4.78 is 35.5. The van der Waals surface area contributed by atoms with Crippen LogP contribution in [0.3, 0.4) is 0 Å². The van der Waals surface area contributed by atoms with Crippen LogP contribution in [0.5, 0.6) is 0 Å². The smallest absolute Gasteiger partial charge is 0.166 e. The molecule has 0 saturated heterocycles. The maximum atomic E-state index is 11.8. The van der Waals surface area contributed by atoms with Gasteiger partial charge in [0.15, 0.2) is 0 Å². The topological polar surface area (TPSA) is 0 Å². The van der Waals surface area contributed by atoms with Crippen molar-refractivity contribution in [1.29, 1.82) is 0 Å². The molecule has 0 amide bonds. The first-order chi connectivity index (χ1) is 5.38. The van der Waals surface area contributed by atoms with Crippen LogP contribution >= 0.6 is 0 Å². The van der Waals surface area contributed by atoms with Crippen molar-refractivity contribution in [1.82, 2.24) is 0 Å². The molecule has 0 radical (unpaired) electrons. The van der Waals surface area contributed by atoms with Crippen LogP contribution in [-0.4, -0.2) is 6.18 Å². The van der Waals surface area contributed by atoms with Gasteiger partial charge in [0, 0.05) is 5.57 Å². The van der Waals surface area contributed by atoms with Gasteiger partial charge >= 0.3 is 6.18 Å². The molecule has 0 unspecified atom stereocenters. The minimum Gasteiger partial charge on any atom is -0.166 e. The first-order valence-corrected chi connectivity index (χ1v) is 3.50. The Kier molecular flexibility index (Phi) is 3.80. The molecule has 0 spiro atoms. The molecule has 0 aromatic rings. The standard InChI is InChI=1S/C9H11F3/c1-4-7(2)5-6-8(3)9(10,11)12/h5-6H,2-4H2,1H3. The number of halogens is 3. The van der Waals surface area contributed by atoms with Crippen molar-refractivity contribution in [3.63, 3.8) is 0 Å². The first kappa shape index (κ1) is 11.0. The van der Waals surface area contributed by atoms with Crippen LogP contribution in [0.2, 0.25) is 0 Å². The van der Waals surface area contributed by atoms with E-state index in [9.17, 15) is 13.2 Å². The molecular weight excluding hydrogens is 165 g/mol. The van der Waals surface area contributed by atoms with E-state index in [4.69, 9.17) is 0 Å². The second-order valence-electron chi connectivity index (χ2n) is 2.37. The predicted octanol–water partition coefficient (Wildman–Crippen LogP) is 3.63. The minimum absolute atomic E-state index is 0.641. The molecule has 0 aromatic carbocycles. The summed E-state index contributed by atoms with van der Waals surface area (Å²) in [5.74, 6) is 0. The van der Waals surface area contributed by atoms with Crippen molar-refractivity contribution in [3.05, 3.63) is 36.5 Å². The number of hydrogen-bond acceptors (Lipinski definition) is 0. The normalized spacial score (nSPS) is 12.0. The monoisotopic (exact) mass is 176 g/mol. The van der Waals surface area contributed by atoms with Gasteiger partial charge in [-0.15, -0.1) is 0 Å². The summed E-state index contributed by atoms with van der Waals surface area (Å²) in [6.45, 7) is 8.23. The van der Waals surface area contributed by atoms with Crippen LogP contribution in [0.25, 0.3) is 0 Å². The minimum atomic E-state index is -4.33. The zero-order valence-corrected chi connectivity index (χ0v) is 6.91. The lowest BCUT2D eigenvalue weighted by Gasteiger charge is -2.04. The summed E-state index contributed by atoms with van der Waals surface area (Å²) in [5.41, 5.74) is -0.197. The van der Waals surface area contributed by atoms with Crippen molar-refractivity contribution >= 4 is 0 Å². The highest BCUT2D eigenvalue weighted by Crippen LogP contribution is 2.25. The Morgan fingerprint density at radius 2 is 1.75 bits per heavy atom. The molecule has 0 bridgehead atoms. The molecule has 0 nitrogen and oxygen atoms in total. The third-order valence-electron chi connectivity index (χ3n) is 1.34. The van der Waals surface area contributed by atoms with E-state index in [2.05, 4.69) is 13.2 Å². The van der Waals surface area contributed by atoms with Crippen LogP contribution in [0.15, 0.2) is 36.5 Å². The molecule has 0 rings (SSSR count). The molecule has 0 saturated carbocycles. The number of rotatable bonds is 3. The molecule has 0 aliphatic carbocycles. The highest BCUT2D eigenvalue weighted by molar-refractivity contribution is 5.26. The molecule has 3 heteroatoms. The van der Waals surface area contributed by atoms with Gasteiger partial charge in [-0.2, -0.15) is 13.2 Å². The largest absolute Gasteiger partial charge is 0.415 e. The van der Waals surface area contributed by atoms with Crippen molar-refractivity contribution in [3.8, 4) is 0 Å². The molecule has 0 aromatic heterocycles.